The number of hydrogen-bond donors (Lipinski definition) is 0. The van der Waals surface area contributed by atoms with Crippen LogP contribution in [0.15, 0.2) is 41.3 Å². The lowest BCUT2D eigenvalue weighted by atomic mass is 9.94. The van der Waals surface area contributed by atoms with Crippen molar-refractivity contribution >= 4 is 32.4 Å². The fourth-order valence-corrected chi connectivity index (χ4v) is 5.25. The molecule has 0 unspecified atom stereocenters. The lowest BCUT2D eigenvalue weighted by Gasteiger charge is -2.37. The number of amides is 1. The summed E-state index contributed by atoms with van der Waals surface area (Å²) >= 11 is 0. The number of hydrogen-bond acceptors (Lipinski definition) is 4. The number of sulfonamides is 1. The van der Waals surface area contributed by atoms with E-state index in [0.717, 1.165) is 16.5 Å². The van der Waals surface area contributed by atoms with Crippen molar-refractivity contribution in [2.45, 2.75) is 25.7 Å². The predicted molar refractivity (Wildman–Crippen MR) is 113 cm³/mol. The molecule has 0 atom stereocenters. The Bertz CT molecular complexity index is 986. The summed E-state index contributed by atoms with van der Waals surface area (Å²) in [7, 11) is 0.253. The van der Waals surface area contributed by atoms with Gasteiger partial charge in [-0.3, -0.25) is 4.79 Å². The van der Waals surface area contributed by atoms with Gasteiger partial charge in [0, 0.05) is 62.1 Å². The first-order valence-electron chi connectivity index (χ1n) is 9.52. The number of anilines is 1. The monoisotopic (exact) mass is 403 g/mol. The average Bonchev–Trinajstić information content (AvgIpc) is 2.65. The second-order valence-electron chi connectivity index (χ2n) is 8.47. The molecule has 0 saturated carbocycles. The fourth-order valence-electron chi connectivity index (χ4n) is 3.62. The maximum atomic E-state index is 13.4. The van der Waals surface area contributed by atoms with Crippen molar-refractivity contribution in [1.29, 1.82) is 0 Å². The molecule has 28 heavy (non-hydrogen) atoms. The summed E-state index contributed by atoms with van der Waals surface area (Å²) in [5.74, 6) is 0.0605. The van der Waals surface area contributed by atoms with Crippen LogP contribution >= 0.6 is 0 Å². The zero-order chi connectivity index (χ0) is 20.7. The van der Waals surface area contributed by atoms with Crippen LogP contribution in [0.1, 0.15) is 20.8 Å². The number of benzene rings is 2. The Morgan fingerprint density at radius 1 is 0.929 bits per heavy atom. The molecule has 0 aliphatic carbocycles. The first-order valence-corrected chi connectivity index (χ1v) is 11.0. The van der Waals surface area contributed by atoms with Gasteiger partial charge in [-0.15, -0.1) is 0 Å². The Morgan fingerprint density at radius 3 is 2.07 bits per heavy atom. The summed E-state index contributed by atoms with van der Waals surface area (Å²) in [4.78, 5) is 16.5. The number of nitrogens with zero attached hydrogens (tertiary/aromatic N) is 3. The van der Waals surface area contributed by atoms with E-state index in [2.05, 4.69) is 0 Å². The molecule has 0 radical (unpaired) electrons. The molecule has 0 spiro atoms. The standard InChI is InChI=1S/C21H29N3O3S/c1-21(2,3)20(25)23-12-14-24(15-13-23)28(26,27)19-11-7-8-16-17(19)9-6-10-18(16)22(4)5/h6-11H,12-15H2,1-5H3. The van der Waals surface area contributed by atoms with Gasteiger partial charge in [-0.2, -0.15) is 4.31 Å². The van der Waals surface area contributed by atoms with E-state index in [1.807, 2.05) is 64.0 Å². The molecule has 1 amide bonds. The third-order valence-corrected chi connectivity index (χ3v) is 7.08. The van der Waals surface area contributed by atoms with E-state index in [-0.39, 0.29) is 5.91 Å². The van der Waals surface area contributed by atoms with Crippen LogP contribution in [0.3, 0.4) is 0 Å². The van der Waals surface area contributed by atoms with Gasteiger partial charge >= 0.3 is 0 Å². The van der Waals surface area contributed by atoms with Gasteiger partial charge in [0.2, 0.25) is 15.9 Å². The Hall–Kier alpha value is -2.12. The molecule has 0 aromatic heterocycles. The maximum absolute atomic E-state index is 13.4. The van der Waals surface area contributed by atoms with Crippen LogP contribution in [-0.2, 0) is 14.8 Å². The first kappa shape index (κ1) is 20.6. The van der Waals surface area contributed by atoms with E-state index < -0.39 is 15.4 Å². The molecular weight excluding hydrogens is 374 g/mol. The van der Waals surface area contributed by atoms with Gasteiger partial charge in [0.1, 0.15) is 0 Å². The minimum Gasteiger partial charge on any atom is -0.377 e. The summed E-state index contributed by atoms with van der Waals surface area (Å²) in [6, 6.07) is 11.1. The smallest absolute Gasteiger partial charge is 0.243 e. The number of rotatable bonds is 3. The molecule has 1 fully saturated rings. The molecule has 0 bridgehead atoms. The summed E-state index contributed by atoms with van der Waals surface area (Å²) in [6.07, 6.45) is 0. The van der Waals surface area contributed by atoms with Gasteiger partial charge in [-0.25, -0.2) is 8.42 Å². The maximum Gasteiger partial charge on any atom is 0.243 e. The van der Waals surface area contributed by atoms with Gasteiger partial charge in [-0.1, -0.05) is 45.0 Å². The first-order chi connectivity index (χ1) is 13.0. The summed E-state index contributed by atoms with van der Waals surface area (Å²) in [5.41, 5.74) is 0.523. The van der Waals surface area contributed by atoms with E-state index in [1.165, 1.54) is 4.31 Å². The highest BCUT2D eigenvalue weighted by Crippen LogP contribution is 2.32. The van der Waals surface area contributed by atoms with E-state index in [0.29, 0.717) is 31.1 Å². The normalized spacial score (nSPS) is 16.4. The molecule has 1 heterocycles. The van der Waals surface area contributed by atoms with Crippen molar-refractivity contribution in [3.63, 3.8) is 0 Å². The minimum absolute atomic E-state index is 0.0605. The summed E-state index contributed by atoms with van der Waals surface area (Å²) < 4.78 is 28.2. The molecule has 1 aliphatic rings. The van der Waals surface area contributed by atoms with Crippen molar-refractivity contribution in [2.75, 3.05) is 45.2 Å². The van der Waals surface area contributed by atoms with Crippen molar-refractivity contribution in [3.05, 3.63) is 36.4 Å². The molecule has 1 saturated heterocycles. The van der Waals surface area contributed by atoms with Crippen molar-refractivity contribution in [2.24, 2.45) is 5.41 Å². The Morgan fingerprint density at radius 2 is 1.50 bits per heavy atom. The highest BCUT2D eigenvalue weighted by atomic mass is 32.2. The van der Waals surface area contributed by atoms with Crippen molar-refractivity contribution < 1.29 is 13.2 Å². The SMILES string of the molecule is CN(C)c1cccc2c(S(=O)(=O)N3CCN(C(=O)C(C)(C)C)CC3)cccc12. The average molecular weight is 404 g/mol. The summed E-state index contributed by atoms with van der Waals surface area (Å²) in [6.45, 7) is 7.12. The number of piperazine rings is 1. The van der Waals surface area contributed by atoms with E-state index in [1.54, 1.807) is 17.0 Å². The Labute approximate surface area is 167 Å². The van der Waals surface area contributed by atoms with Crippen molar-refractivity contribution in [1.82, 2.24) is 9.21 Å². The van der Waals surface area contributed by atoms with Crippen LogP contribution in [0.5, 0.6) is 0 Å². The van der Waals surface area contributed by atoms with Gasteiger partial charge < -0.3 is 9.80 Å². The van der Waals surface area contributed by atoms with Gasteiger partial charge in [0.05, 0.1) is 4.90 Å². The molecule has 152 valence electrons. The van der Waals surface area contributed by atoms with Crippen LogP contribution in [-0.4, -0.2) is 63.8 Å². The number of fused-ring (bicyclic) bond motifs is 1. The third kappa shape index (κ3) is 3.73. The summed E-state index contributed by atoms with van der Waals surface area (Å²) in [5, 5.41) is 1.64. The highest BCUT2D eigenvalue weighted by molar-refractivity contribution is 7.89. The zero-order valence-corrected chi connectivity index (χ0v) is 18.1. The van der Waals surface area contributed by atoms with Gasteiger partial charge in [0.15, 0.2) is 0 Å². The Kier molecular flexibility index (Phi) is 5.42. The fraction of sp³-hybridized carbons (Fsp3) is 0.476. The quantitative estimate of drug-likeness (QED) is 0.791. The second kappa shape index (κ2) is 7.37. The number of carbonyl (C=O) groups excluding carboxylic acids is 1. The topological polar surface area (TPSA) is 60.9 Å². The molecule has 3 rings (SSSR count). The van der Waals surface area contributed by atoms with Crippen molar-refractivity contribution in [3.8, 4) is 0 Å². The lowest BCUT2D eigenvalue weighted by molar-refractivity contribution is -0.140. The van der Waals surface area contributed by atoms with Crippen LogP contribution < -0.4 is 4.90 Å². The third-order valence-electron chi connectivity index (χ3n) is 5.13. The molecule has 7 heteroatoms. The van der Waals surface area contributed by atoms with E-state index in [9.17, 15) is 13.2 Å². The van der Waals surface area contributed by atoms with Gasteiger partial charge in [-0.05, 0) is 12.1 Å². The largest absolute Gasteiger partial charge is 0.377 e. The lowest BCUT2D eigenvalue weighted by Crippen LogP contribution is -2.52. The molecule has 6 nitrogen and oxygen atoms in total. The second-order valence-corrected chi connectivity index (χ2v) is 10.4. The Balaban J connectivity index is 1.91. The molecule has 0 N–H and O–H groups in total. The highest BCUT2D eigenvalue weighted by Gasteiger charge is 2.34. The van der Waals surface area contributed by atoms with Crippen LogP contribution in [0.25, 0.3) is 10.8 Å². The van der Waals surface area contributed by atoms with Gasteiger partial charge in [0.25, 0.3) is 0 Å². The van der Waals surface area contributed by atoms with Crippen LogP contribution in [0.2, 0.25) is 0 Å². The van der Waals surface area contributed by atoms with Crippen LogP contribution in [0, 0.1) is 5.41 Å². The minimum atomic E-state index is -3.64. The zero-order valence-electron chi connectivity index (χ0n) is 17.3. The van der Waals surface area contributed by atoms with E-state index in [4.69, 9.17) is 0 Å². The molecule has 1 aliphatic heterocycles. The molecular formula is C21H29N3O3S. The molecule has 2 aromatic rings. The van der Waals surface area contributed by atoms with Crippen LogP contribution in [0.4, 0.5) is 5.69 Å². The van der Waals surface area contributed by atoms with E-state index >= 15 is 0 Å². The predicted octanol–water partition coefficient (Wildman–Crippen LogP) is 2.78. The number of carbonyl (C=O) groups is 1. The molecule has 2 aromatic carbocycles.